The molecule has 0 unspecified atom stereocenters. The SMILES string of the molecule is CO[C@@]1(/N=C/c2cc(C(C)(C)C)c(O)c(C(C)(C)C)c2)C(=O)N2C(C(=O)OCC(=O)c3ccc(Br)cc3)=C(COC(C)=O)CS[C@@H]21. The van der Waals surface area contributed by atoms with Gasteiger partial charge >= 0.3 is 11.9 Å². The highest BCUT2D eigenvalue weighted by atomic mass is 79.9. The molecule has 2 heterocycles. The Morgan fingerprint density at radius 1 is 1.07 bits per heavy atom. The third kappa shape index (κ3) is 7.08. The Bertz CT molecular complexity index is 1590. The zero-order chi connectivity index (χ0) is 34.2. The van der Waals surface area contributed by atoms with E-state index in [2.05, 4.69) is 20.9 Å². The number of halogens is 1. The fourth-order valence-electron chi connectivity index (χ4n) is 5.18. The Morgan fingerprint density at radius 2 is 1.65 bits per heavy atom. The molecule has 2 atom stereocenters. The van der Waals surface area contributed by atoms with Crippen LogP contribution in [-0.2, 0) is 39.4 Å². The number of esters is 2. The maximum atomic E-state index is 13.9. The second-order valence-electron chi connectivity index (χ2n) is 13.2. The van der Waals surface area contributed by atoms with Crippen LogP contribution >= 0.6 is 27.7 Å². The molecule has 1 amide bonds. The van der Waals surface area contributed by atoms with E-state index >= 15 is 0 Å². The molecule has 10 nitrogen and oxygen atoms in total. The van der Waals surface area contributed by atoms with E-state index in [1.54, 1.807) is 30.5 Å². The molecule has 4 rings (SSSR count). The zero-order valence-corrected chi connectivity index (χ0v) is 29.6. The molecule has 0 spiro atoms. The molecule has 1 saturated heterocycles. The first-order valence-electron chi connectivity index (χ1n) is 14.7. The van der Waals surface area contributed by atoms with Crippen LogP contribution in [0.2, 0.25) is 0 Å². The number of carbonyl (C=O) groups is 4. The van der Waals surface area contributed by atoms with Crippen molar-refractivity contribution in [3.8, 4) is 5.75 Å². The maximum Gasteiger partial charge on any atom is 0.355 e. The van der Waals surface area contributed by atoms with Gasteiger partial charge in [0.1, 0.15) is 23.4 Å². The van der Waals surface area contributed by atoms with Gasteiger partial charge < -0.3 is 19.3 Å². The fraction of sp³-hybridized carbons (Fsp3) is 0.441. The van der Waals surface area contributed by atoms with E-state index in [1.165, 1.54) is 30.7 Å². The van der Waals surface area contributed by atoms with E-state index in [1.807, 2.05) is 53.7 Å². The number of ether oxygens (including phenoxy) is 3. The van der Waals surface area contributed by atoms with Crippen LogP contribution in [0.1, 0.15) is 75.5 Å². The lowest BCUT2D eigenvalue weighted by Gasteiger charge is -2.53. The summed E-state index contributed by atoms with van der Waals surface area (Å²) in [6.07, 6.45) is 1.55. The number of fused-ring (bicyclic) bond motifs is 1. The normalized spacial score (nSPS) is 20.0. The second-order valence-corrected chi connectivity index (χ2v) is 15.2. The van der Waals surface area contributed by atoms with Crippen LogP contribution in [-0.4, -0.2) is 77.0 Å². The quantitative estimate of drug-likeness (QED) is 0.151. The Labute approximate surface area is 281 Å². The number of aliphatic imine (C=N–C) groups is 1. The topological polar surface area (TPSA) is 132 Å². The van der Waals surface area contributed by atoms with E-state index in [-0.39, 0.29) is 34.6 Å². The van der Waals surface area contributed by atoms with Gasteiger partial charge in [-0.05, 0) is 40.7 Å². The number of Topliss-reactive ketones (excluding diaryl/α,β-unsaturated/α-hetero) is 1. The molecule has 2 aliphatic heterocycles. The molecule has 12 heteroatoms. The van der Waals surface area contributed by atoms with Crippen LogP contribution in [0.4, 0.5) is 0 Å². The lowest BCUT2D eigenvalue weighted by atomic mass is 9.78. The van der Waals surface area contributed by atoms with E-state index in [4.69, 9.17) is 14.2 Å². The van der Waals surface area contributed by atoms with Crippen molar-refractivity contribution in [1.82, 2.24) is 4.90 Å². The third-order valence-electron chi connectivity index (χ3n) is 7.69. The number of thioether (sulfide) groups is 1. The van der Waals surface area contributed by atoms with Crippen LogP contribution in [0.15, 0.2) is 57.1 Å². The van der Waals surface area contributed by atoms with Gasteiger partial charge in [0.15, 0.2) is 12.4 Å². The molecule has 0 radical (unpaired) electrons. The van der Waals surface area contributed by atoms with Crippen molar-refractivity contribution >= 4 is 57.5 Å². The number of ketones is 1. The molecule has 246 valence electrons. The molecule has 46 heavy (non-hydrogen) atoms. The second kappa shape index (κ2) is 13.3. The van der Waals surface area contributed by atoms with Crippen LogP contribution in [0.3, 0.4) is 0 Å². The smallest absolute Gasteiger partial charge is 0.355 e. The summed E-state index contributed by atoms with van der Waals surface area (Å²) in [6, 6.07) is 10.3. The van der Waals surface area contributed by atoms with Crippen molar-refractivity contribution in [2.75, 3.05) is 26.1 Å². The first kappa shape index (κ1) is 35.4. The summed E-state index contributed by atoms with van der Waals surface area (Å²) in [4.78, 5) is 57.5. The van der Waals surface area contributed by atoms with Crippen molar-refractivity contribution in [3.05, 3.63) is 74.4 Å². The zero-order valence-electron chi connectivity index (χ0n) is 27.2. The summed E-state index contributed by atoms with van der Waals surface area (Å²) in [5, 5.41) is 10.4. The summed E-state index contributed by atoms with van der Waals surface area (Å²) < 4.78 is 17.1. The molecule has 1 fully saturated rings. The van der Waals surface area contributed by atoms with Gasteiger partial charge in [-0.15, -0.1) is 11.8 Å². The van der Waals surface area contributed by atoms with E-state index in [0.29, 0.717) is 16.7 Å². The summed E-state index contributed by atoms with van der Waals surface area (Å²) in [6.45, 7) is 12.5. The minimum absolute atomic E-state index is 0.101. The molecule has 0 aliphatic carbocycles. The van der Waals surface area contributed by atoms with Gasteiger partial charge in [0.2, 0.25) is 0 Å². The van der Waals surface area contributed by atoms with Crippen LogP contribution in [0, 0.1) is 0 Å². The van der Waals surface area contributed by atoms with Crippen molar-refractivity contribution in [3.63, 3.8) is 0 Å². The predicted octanol–water partition coefficient (Wildman–Crippen LogP) is 5.67. The number of benzene rings is 2. The predicted molar refractivity (Wildman–Crippen MR) is 179 cm³/mol. The molecular weight excluding hydrogens is 676 g/mol. The standard InChI is InChI=1S/C34H39BrN2O8S/c1-19(38)44-16-22-18-46-31-34(43-8,36-15-20-13-24(32(2,3)4)28(40)25(14-20)33(5,6)7)30(42)37(31)27(22)29(41)45-17-26(39)21-9-11-23(35)12-10-21/h9-15,31,40H,16-18H2,1-8H3/b36-15+/t31-,34+/m1/s1. The van der Waals surface area contributed by atoms with Crippen molar-refractivity contribution in [2.24, 2.45) is 4.99 Å². The molecule has 2 aromatic rings. The number of hydrogen-bond acceptors (Lipinski definition) is 10. The molecule has 0 bridgehead atoms. The highest BCUT2D eigenvalue weighted by molar-refractivity contribution is 9.10. The highest BCUT2D eigenvalue weighted by Crippen LogP contribution is 2.49. The van der Waals surface area contributed by atoms with Crippen molar-refractivity contribution < 1.29 is 38.5 Å². The van der Waals surface area contributed by atoms with Crippen molar-refractivity contribution in [2.45, 2.75) is 70.4 Å². The van der Waals surface area contributed by atoms with Gasteiger partial charge in [-0.1, -0.05) is 69.6 Å². The van der Waals surface area contributed by atoms with E-state index < -0.39 is 41.3 Å². The number of phenolic OH excluding ortho intramolecular Hbond substituents is 1. The number of amides is 1. The van der Waals surface area contributed by atoms with Gasteiger partial charge in [0.25, 0.3) is 11.6 Å². The molecular formula is C34H39BrN2O8S. The number of hydrogen-bond donors (Lipinski definition) is 1. The van der Waals surface area contributed by atoms with Gasteiger partial charge in [-0.25, -0.2) is 9.79 Å². The monoisotopic (exact) mass is 714 g/mol. The van der Waals surface area contributed by atoms with Crippen LogP contribution in [0.5, 0.6) is 5.75 Å². The lowest BCUT2D eigenvalue weighted by Crippen LogP contribution is -2.73. The molecule has 2 aliphatic rings. The Morgan fingerprint density at radius 3 is 2.17 bits per heavy atom. The van der Waals surface area contributed by atoms with E-state index in [9.17, 15) is 24.3 Å². The fourth-order valence-corrected chi connectivity index (χ4v) is 6.86. The lowest BCUT2D eigenvalue weighted by molar-refractivity contribution is -0.182. The molecule has 0 aromatic heterocycles. The minimum atomic E-state index is -1.65. The number of nitrogens with zero attached hydrogens (tertiary/aromatic N) is 2. The summed E-state index contributed by atoms with van der Waals surface area (Å²) in [5.41, 5.74) is 0.376. The number of phenols is 1. The van der Waals surface area contributed by atoms with Gasteiger partial charge in [0, 0.05) is 52.7 Å². The Balaban J connectivity index is 1.66. The van der Waals surface area contributed by atoms with E-state index in [0.717, 1.165) is 15.6 Å². The van der Waals surface area contributed by atoms with Crippen molar-refractivity contribution in [1.29, 1.82) is 0 Å². The summed E-state index contributed by atoms with van der Waals surface area (Å²) in [7, 11) is 1.37. The maximum absolute atomic E-state index is 13.9. The number of rotatable bonds is 9. The Hall–Kier alpha value is -3.48. The number of β-lactam (4-membered cyclic amide) rings is 1. The molecule has 2 aromatic carbocycles. The van der Waals surface area contributed by atoms with Crippen LogP contribution < -0.4 is 0 Å². The van der Waals surface area contributed by atoms with Gasteiger partial charge in [-0.2, -0.15) is 0 Å². The van der Waals surface area contributed by atoms with Crippen LogP contribution in [0.25, 0.3) is 0 Å². The number of aromatic hydroxyl groups is 1. The first-order chi connectivity index (χ1) is 21.4. The largest absolute Gasteiger partial charge is 0.507 e. The number of carbonyl (C=O) groups excluding carboxylic acids is 4. The van der Waals surface area contributed by atoms with Gasteiger partial charge in [0.05, 0.1) is 0 Å². The average Bonchev–Trinajstić information content (AvgIpc) is 2.98. The Kier molecular flexibility index (Phi) is 10.2. The highest BCUT2D eigenvalue weighted by Gasteiger charge is 2.66. The third-order valence-corrected chi connectivity index (χ3v) is 9.58. The first-order valence-corrected chi connectivity index (χ1v) is 16.5. The molecule has 0 saturated carbocycles. The average molecular weight is 716 g/mol. The summed E-state index contributed by atoms with van der Waals surface area (Å²) in [5.74, 6) is -2.05. The summed E-state index contributed by atoms with van der Waals surface area (Å²) >= 11 is 4.62. The number of methoxy groups -OCH3 is 1. The van der Waals surface area contributed by atoms with Gasteiger partial charge in [-0.3, -0.25) is 19.3 Å². The molecule has 1 N–H and O–H groups in total. The minimum Gasteiger partial charge on any atom is -0.507 e.